The van der Waals surface area contributed by atoms with Crippen LogP contribution < -0.4 is 10.0 Å². The van der Waals surface area contributed by atoms with Gasteiger partial charge < -0.3 is 5.32 Å². The minimum atomic E-state index is -4.59. The molecular weight excluding hydrogens is 381 g/mol. The second kappa shape index (κ2) is 6.73. The molecule has 0 unspecified atom stereocenters. The highest BCUT2D eigenvalue weighted by Crippen LogP contribution is 2.32. The van der Waals surface area contributed by atoms with Gasteiger partial charge in [0.1, 0.15) is 11.4 Å². The van der Waals surface area contributed by atoms with Crippen LogP contribution in [0.25, 0.3) is 0 Å². The molecule has 0 spiro atoms. The van der Waals surface area contributed by atoms with Crippen LogP contribution in [-0.2, 0) is 16.6 Å². The Morgan fingerprint density at radius 1 is 1.40 bits per heavy atom. The van der Waals surface area contributed by atoms with E-state index in [1.165, 1.54) is 22.1 Å². The first kappa shape index (κ1) is 17.9. The minimum Gasteiger partial charge on any atom is -0.310 e. The first-order valence-electron chi connectivity index (χ1n) is 5.59. The van der Waals surface area contributed by atoms with Crippen LogP contribution in [0.1, 0.15) is 18.7 Å². The van der Waals surface area contributed by atoms with E-state index in [2.05, 4.69) is 21.2 Å². The Labute approximate surface area is 127 Å². The van der Waals surface area contributed by atoms with Crippen molar-refractivity contribution < 1.29 is 21.6 Å². The lowest BCUT2D eigenvalue weighted by atomic mass is 10.4. The van der Waals surface area contributed by atoms with Gasteiger partial charge in [0.15, 0.2) is 0 Å². The summed E-state index contributed by atoms with van der Waals surface area (Å²) in [5, 5.41) is 3.10. The minimum absolute atomic E-state index is 0.174. The van der Waals surface area contributed by atoms with Crippen LogP contribution in [0.3, 0.4) is 0 Å². The summed E-state index contributed by atoms with van der Waals surface area (Å²) in [7, 11) is -4.18. The first-order chi connectivity index (χ1) is 9.01. The van der Waals surface area contributed by atoms with E-state index in [1.807, 2.05) is 13.8 Å². The third kappa shape index (κ3) is 5.68. The molecule has 0 aliphatic heterocycles. The molecule has 0 saturated heterocycles. The Hall–Kier alpha value is -0.160. The van der Waals surface area contributed by atoms with E-state index in [-0.39, 0.29) is 14.7 Å². The van der Waals surface area contributed by atoms with Crippen molar-refractivity contribution in [1.82, 2.24) is 10.0 Å². The number of sulfonamides is 1. The number of hydrogen-bond donors (Lipinski definition) is 2. The van der Waals surface area contributed by atoms with Crippen molar-refractivity contribution in [3.8, 4) is 0 Å². The number of thiophene rings is 1. The van der Waals surface area contributed by atoms with Gasteiger partial charge in [-0.1, -0.05) is 13.8 Å². The Bertz CT molecular complexity index is 555. The summed E-state index contributed by atoms with van der Waals surface area (Å²) in [5.74, 6) is 0. The van der Waals surface area contributed by atoms with Crippen molar-refractivity contribution in [3.63, 3.8) is 0 Å². The normalized spacial score (nSPS) is 13.2. The molecule has 0 aromatic carbocycles. The largest absolute Gasteiger partial charge is 0.402 e. The first-order valence-corrected chi connectivity index (χ1v) is 8.68. The molecule has 0 amide bonds. The van der Waals surface area contributed by atoms with E-state index in [4.69, 9.17) is 0 Å². The fraction of sp³-hybridized carbons (Fsp3) is 0.600. The third-order valence-corrected chi connectivity index (χ3v) is 5.80. The average Bonchev–Trinajstić information content (AvgIpc) is 2.65. The van der Waals surface area contributed by atoms with E-state index in [0.29, 0.717) is 6.54 Å². The van der Waals surface area contributed by atoms with Gasteiger partial charge in [0.05, 0.1) is 3.79 Å². The number of rotatable bonds is 6. The molecule has 4 nitrogen and oxygen atoms in total. The molecule has 1 aromatic heterocycles. The molecule has 1 rings (SSSR count). The van der Waals surface area contributed by atoms with Crippen LogP contribution in [0.15, 0.2) is 14.7 Å². The molecule has 1 aromatic rings. The summed E-state index contributed by atoms with van der Waals surface area (Å²) in [6.07, 6.45) is -4.59. The molecule has 0 fully saturated rings. The summed E-state index contributed by atoms with van der Waals surface area (Å²) in [6, 6.07) is 1.59. The average molecular weight is 395 g/mol. The summed E-state index contributed by atoms with van der Waals surface area (Å²) < 4.78 is 61.6. The van der Waals surface area contributed by atoms with Crippen LogP contribution in [0, 0.1) is 0 Å². The van der Waals surface area contributed by atoms with Gasteiger partial charge in [-0.3, -0.25) is 0 Å². The van der Waals surface area contributed by atoms with Gasteiger partial charge in [-0.2, -0.15) is 13.2 Å². The molecule has 0 bridgehead atoms. The summed E-state index contributed by atoms with van der Waals surface area (Å²) in [5.41, 5.74) is 0. The van der Waals surface area contributed by atoms with E-state index in [9.17, 15) is 21.6 Å². The molecule has 116 valence electrons. The van der Waals surface area contributed by atoms with E-state index < -0.39 is 22.7 Å². The van der Waals surface area contributed by atoms with E-state index >= 15 is 0 Å². The van der Waals surface area contributed by atoms with Crippen LogP contribution in [-0.4, -0.2) is 27.2 Å². The van der Waals surface area contributed by atoms with Crippen molar-refractivity contribution >= 4 is 37.3 Å². The maximum Gasteiger partial charge on any atom is 0.402 e. The van der Waals surface area contributed by atoms with Crippen LogP contribution >= 0.6 is 27.3 Å². The monoisotopic (exact) mass is 394 g/mol. The molecule has 1 heterocycles. The van der Waals surface area contributed by atoms with Gasteiger partial charge in [0.25, 0.3) is 0 Å². The Morgan fingerprint density at radius 2 is 2.00 bits per heavy atom. The molecule has 2 N–H and O–H groups in total. The standard InChI is InChI=1S/C10H14BrF3N2O2S2/c1-6(2)15-4-7-3-8(9(11)19-7)20(17,18)16-5-10(12,13)14/h3,6,15-16H,4-5H2,1-2H3. The molecule has 0 saturated carbocycles. The fourth-order valence-corrected chi connectivity index (χ4v) is 4.87. The quantitative estimate of drug-likeness (QED) is 0.779. The zero-order valence-corrected chi connectivity index (χ0v) is 13.9. The van der Waals surface area contributed by atoms with Crippen molar-refractivity contribution in [2.45, 2.75) is 37.5 Å². The van der Waals surface area contributed by atoms with Gasteiger partial charge in [-0.15, -0.1) is 11.3 Å². The second-order valence-corrected chi connectivity index (χ2v) is 8.52. The summed E-state index contributed by atoms with van der Waals surface area (Å²) >= 11 is 4.24. The predicted octanol–water partition coefficient (Wildman–Crippen LogP) is 2.85. The molecule has 10 heteroatoms. The highest BCUT2D eigenvalue weighted by Gasteiger charge is 2.31. The van der Waals surface area contributed by atoms with E-state index in [1.54, 1.807) is 0 Å². The van der Waals surface area contributed by atoms with Crippen LogP contribution in [0.5, 0.6) is 0 Å². The van der Waals surface area contributed by atoms with Gasteiger partial charge in [0, 0.05) is 17.5 Å². The fourth-order valence-electron chi connectivity index (χ4n) is 1.23. The second-order valence-electron chi connectivity index (χ2n) is 4.33. The van der Waals surface area contributed by atoms with Gasteiger partial charge in [-0.05, 0) is 22.0 Å². The molecule has 20 heavy (non-hydrogen) atoms. The van der Waals surface area contributed by atoms with Gasteiger partial charge >= 0.3 is 6.18 Å². The summed E-state index contributed by atoms with van der Waals surface area (Å²) in [6.45, 7) is 2.74. The maximum absolute atomic E-state index is 12.1. The Kier molecular flexibility index (Phi) is 6.02. The molecular formula is C10H14BrF3N2O2S2. The number of hydrogen-bond acceptors (Lipinski definition) is 4. The zero-order chi connectivity index (χ0) is 15.6. The van der Waals surface area contributed by atoms with Crippen molar-refractivity contribution in [3.05, 3.63) is 14.7 Å². The molecule has 0 aliphatic rings. The predicted molar refractivity (Wildman–Crippen MR) is 75.2 cm³/mol. The highest BCUT2D eigenvalue weighted by atomic mass is 79.9. The smallest absolute Gasteiger partial charge is 0.310 e. The van der Waals surface area contributed by atoms with Crippen LogP contribution in [0.2, 0.25) is 0 Å². The van der Waals surface area contributed by atoms with Crippen molar-refractivity contribution in [1.29, 1.82) is 0 Å². The molecule has 0 radical (unpaired) electrons. The molecule has 0 aliphatic carbocycles. The molecule has 0 atom stereocenters. The lowest BCUT2D eigenvalue weighted by Gasteiger charge is -2.08. The maximum atomic E-state index is 12.1. The third-order valence-electron chi connectivity index (χ3n) is 2.14. The lowest BCUT2D eigenvalue weighted by molar-refractivity contribution is -0.121. The van der Waals surface area contributed by atoms with Crippen LogP contribution in [0.4, 0.5) is 13.2 Å². The van der Waals surface area contributed by atoms with E-state index in [0.717, 1.165) is 4.88 Å². The van der Waals surface area contributed by atoms with Gasteiger partial charge in [0.2, 0.25) is 10.0 Å². The zero-order valence-electron chi connectivity index (χ0n) is 10.7. The lowest BCUT2D eigenvalue weighted by Crippen LogP contribution is -2.33. The van der Waals surface area contributed by atoms with Crippen molar-refractivity contribution in [2.24, 2.45) is 0 Å². The highest BCUT2D eigenvalue weighted by molar-refractivity contribution is 9.11. The Morgan fingerprint density at radius 3 is 2.50 bits per heavy atom. The number of alkyl halides is 3. The summed E-state index contributed by atoms with van der Waals surface area (Å²) in [4.78, 5) is 0.547. The SMILES string of the molecule is CC(C)NCc1cc(S(=O)(=O)NCC(F)(F)F)c(Br)s1. The van der Waals surface area contributed by atoms with Crippen molar-refractivity contribution in [2.75, 3.05) is 6.54 Å². The number of nitrogens with one attached hydrogen (secondary N) is 2. The number of halogens is 4. The topological polar surface area (TPSA) is 58.2 Å². The van der Waals surface area contributed by atoms with Gasteiger partial charge in [-0.25, -0.2) is 13.1 Å². The Balaban J connectivity index is 2.85.